The highest BCUT2D eigenvalue weighted by atomic mass is 15.5. The lowest BCUT2D eigenvalue weighted by Crippen LogP contribution is -2.38. The highest BCUT2D eigenvalue weighted by Gasteiger charge is 2.41. The fraction of sp³-hybridized carbons (Fsp3) is 0.435. The monoisotopic (exact) mass is 334 g/mol. The Morgan fingerprint density at radius 1 is 0.760 bits per heavy atom. The number of benzene rings is 2. The molecule has 2 heteroatoms. The molecule has 3 rings (SSSR count). The van der Waals surface area contributed by atoms with Crippen molar-refractivity contribution < 1.29 is 0 Å². The third-order valence-corrected chi connectivity index (χ3v) is 6.23. The molecule has 132 valence electrons. The van der Waals surface area contributed by atoms with Crippen molar-refractivity contribution >= 4 is 11.4 Å². The van der Waals surface area contributed by atoms with Crippen LogP contribution in [0.3, 0.4) is 0 Å². The molecule has 2 aromatic rings. The summed E-state index contributed by atoms with van der Waals surface area (Å²) in [6.07, 6.45) is 0.961. The summed E-state index contributed by atoms with van der Waals surface area (Å²) in [5, 5.41) is 7.23. The Bertz CT molecular complexity index is 876. The van der Waals surface area contributed by atoms with Crippen molar-refractivity contribution in [3.05, 3.63) is 63.2 Å². The summed E-state index contributed by atoms with van der Waals surface area (Å²) in [6, 6.07) is 9.00. The second kappa shape index (κ2) is 6.01. The summed E-state index contributed by atoms with van der Waals surface area (Å²) in [6.45, 7) is 17.7. The highest BCUT2D eigenvalue weighted by molar-refractivity contribution is 5.88. The molecule has 2 aromatic carbocycles. The van der Waals surface area contributed by atoms with Gasteiger partial charge in [0.15, 0.2) is 0 Å². The Kier molecular flexibility index (Phi) is 4.26. The molecule has 1 atom stereocenters. The normalized spacial score (nSPS) is 20.2. The van der Waals surface area contributed by atoms with E-state index in [1.54, 1.807) is 0 Å². The van der Waals surface area contributed by atoms with Gasteiger partial charge in [0.05, 0.1) is 11.2 Å². The fourth-order valence-electron chi connectivity index (χ4n) is 4.13. The zero-order chi connectivity index (χ0) is 18.5. The Hall–Kier alpha value is -2.09. The first kappa shape index (κ1) is 17.7. The molecule has 0 saturated carbocycles. The molecule has 0 N–H and O–H groups in total. The van der Waals surface area contributed by atoms with E-state index in [9.17, 15) is 0 Å². The number of anilines is 1. The van der Waals surface area contributed by atoms with Crippen LogP contribution in [-0.4, -0.2) is 5.71 Å². The molecule has 1 unspecified atom stereocenters. The number of rotatable bonds is 2. The van der Waals surface area contributed by atoms with E-state index < -0.39 is 0 Å². The molecule has 1 aliphatic heterocycles. The van der Waals surface area contributed by atoms with Crippen LogP contribution in [0.15, 0.2) is 29.4 Å². The Morgan fingerprint density at radius 2 is 1.32 bits per heavy atom. The lowest BCUT2D eigenvalue weighted by Gasteiger charge is -2.37. The van der Waals surface area contributed by atoms with Gasteiger partial charge in [-0.1, -0.05) is 18.2 Å². The number of hydrogen-bond donors (Lipinski definition) is 0. The molecular formula is C23H30N2. The minimum absolute atomic E-state index is 0.140. The molecular weight excluding hydrogens is 304 g/mol. The number of aryl methyl sites for hydroxylation is 2. The molecule has 0 aliphatic carbocycles. The zero-order valence-corrected chi connectivity index (χ0v) is 16.9. The van der Waals surface area contributed by atoms with Crippen molar-refractivity contribution in [2.45, 2.75) is 67.3 Å². The zero-order valence-electron chi connectivity index (χ0n) is 16.9. The summed E-state index contributed by atoms with van der Waals surface area (Å²) in [7, 11) is 0. The molecule has 0 bridgehead atoms. The van der Waals surface area contributed by atoms with Gasteiger partial charge in [-0.2, -0.15) is 5.10 Å². The maximum Gasteiger partial charge on any atom is 0.0910 e. The van der Waals surface area contributed by atoms with E-state index in [4.69, 9.17) is 5.10 Å². The third-order valence-electron chi connectivity index (χ3n) is 6.23. The summed E-state index contributed by atoms with van der Waals surface area (Å²) in [5.41, 5.74) is 11.8. The van der Waals surface area contributed by atoms with Crippen LogP contribution in [0.1, 0.15) is 59.2 Å². The SMILES string of the molecule is CC1=NN(c2ccc(C)c(C)c2C)C(C)(c2ccc(C)c(C)c2C)C1. The van der Waals surface area contributed by atoms with E-state index in [1.165, 1.54) is 50.3 Å². The summed E-state index contributed by atoms with van der Waals surface area (Å²) in [4.78, 5) is 0. The molecule has 1 aliphatic rings. The Labute approximate surface area is 152 Å². The molecule has 2 nitrogen and oxygen atoms in total. The maximum absolute atomic E-state index is 4.96. The quantitative estimate of drug-likeness (QED) is 0.654. The number of nitrogens with zero attached hydrogens (tertiary/aromatic N) is 2. The van der Waals surface area contributed by atoms with E-state index in [0.717, 1.165) is 6.42 Å². The van der Waals surface area contributed by atoms with Gasteiger partial charge in [-0.25, -0.2) is 0 Å². The van der Waals surface area contributed by atoms with Crippen LogP contribution in [0.25, 0.3) is 0 Å². The predicted molar refractivity (Wildman–Crippen MR) is 109 cm³/mol. The van der Waals surface area contributed by atoms with Crippen molar-refractivity contribution in [2.24, 2.45) is 5.10 Å². The molecule has 0 aromatic heterocycles. The molecule has 25 heavy (non-hydrogen) atoms. The van der Waals surface area contributed by atoms with E-state index in [-0.39, 0.29) is 5.54 Å². The average molecular weight is 335 g/mol. The Balaban J connectivity index is 2.20. The van der Waals surface area contributed by atoms with Gasteiger partial charge in [0.1, 0.15) is 0 Å². The van der Waals surface area contributed by atoms with E-state index in [1.807, 2.05) is 0 Å². The lowest BCUT2D eigenvalue weighted by atomic mass is 9.82. The van der Waals surface area contributed by atoms with Gasteiger partial charge in [-0.3, -0.25) is 5.01 Å². The Morgan fingerprint density at radius 3 is 1.96 bits per heavy atom. The number of hydrazone groups is 1. The first-order valence-corrected chi connectivity index (χ1v) is 9.15. The first-order chi connectivity index (χ1) is 11.7. The van der Waals surface area contributed by atoms with Crippen LogP contribution >= 0.6 is 0 Å². The summed E-state index contributed by atoms with van der Waals surface area (Å²) < 4.78 is 0. The molecule has 0 spiro atoms. The van der Waals surface area contributed by atoms with Crippen molar-refractivity contribution in [3.8, 4) is 0 Å². The fourth-order valence-corrected chi connectivity index (χ4v) is 4.13. The molecule has 1 heterocycles. The minimum atomic E-state index is -0.140. The third kappa shape index (κ3) is 2.68. The van der Waals surface area contributed by atoms with Crippen molar-refractivity contribution in [3.63, 3.8) is 0 Å². The van der Waals surface area contributed by atoms with Gasteiger partial charge in [0, 0.05) is 12.1 Å². The standard InChI is InChI=1S/C23H30N2/c1-14-9-11-21(19(6)17(14)4)23(8)13-16(3)24-25(23)22-12-10-15(2)18(5)20(22)7/h9-12H,13H2,1-8H3. The number of hydrogen-bond acceptors (Lipinski definition) is 2. The van der Waals surface area contributed by atoms with E-state index in [2.05, 4.69) is 84.7 Å². The largest absolute Gasteiger partial charge is 0.255 e. The van der Waals surface area contributed by atoms with Crippen LogP contribution < -0.4 is 5.01 Å². The molecule has 0 saturated heterocycles. The van der Waals surface area contributed by atoms with E-state index >= 15 is 0 Å². The van der Waals surface area contributed by atoms with Crippen LogP contribution in [0.5, 0.6) is 0 Å². The second-order valence-corrected chi connectivity index (χ2v) is 7.93. The van der Waals surface area contributed by atoms with Gasteiger partial charge in [-0.05, 0) is 100 Å². The predicted octanol–water partition coefficient (Wildman–Crippen LogP) is 6.04. The van der Waals surface area contributed by atoms with Crippen molar-refractivity contribution in [2.75, 3.05) is 5.01 Å². The topological polar surface area (TPSA) is 15.6 Å². The first-order valence-electron chi connectivity index (χ1n) is 9.15. The van der Waals surface area contributed by atoms with Crippen LogP contribution in [0, 0.1) is 41.5 Å². The average Bonchev–Trinajstić information content (AvgIpc) is 2.86. The van der Waals surface area contributed by atoms with Crippen LogP contribution in [-0.2, 0) is 5.54 Å². The van der Waals surface area contributed by atoms with Crippen molar-refractivity contribution in [1.82, 2.24) is 0 Å². The molecule has 0 fully saturated rings. The second-order valence-electron chi connectivity index (χ2n) is 7.93. The summed E-state index contributed by atoms with van der Waals surface area (Å²) >= 11 is 0. The molecule has 0 amide bonds. The lowest BCUT2D eigenvalue weighted by molar-refractivity contribution is 0.487. The molecule has 0 radical (unpaired) electrons. The minimum Gasteiger partial charge on any atom is -0.255 e. The smallest absolute Gasteiger partial charge is 0.0910 e. The van der Waals surface area contributed by atoms with E-state index in [0.29, 0.717) is 0 Å². The van der Waals surface area contributed by atoms with Crippen LogP contribution in [0.4, 0.5) is 5.69 Å². The van der Waals surface area contributed by atoms with Gasteiger partial charge in [0.2, 0.25) is 0 Å². The highest BCUT2D eigenvalue weighted by Crippen LogP contribution is 2.44. The maximum atomic E-state index is 4.96. The van der Waals surface area contributed by atoms with Gasteiger partial charge in [-0.15, -0.1) is 0 Å². The van der Waals surface area contributed by atoms with Gasteiger partial charge >= 0.3 is 0 Å². The van der Waals surface area contributed by atoms with Crippen molar-refractivity contribution in [1.29, 1.82) is 0 Å². The van der Waals surface area contributed by atoms with Gasteiger partial charge < -0.3 is 0 Å². The van der Waals surface area contributed by atoms with Crippen LogP contribution in [0.2, 0.25) is 0 Å². The summed E-state index contributed by atoms with van der Waals surface area (Å²) in [5.74, 6) is 0. The van der Waals surface area contributed by atoms with Gasteiger partial charge in [0.25, 0.3) is 0 Å².